The molecule has 2 heterocycles. The highest BCUT2D eigenvalue weighted by molar-refractivity contribution is 7.17. The summed E-state index contributed by atoms with van der Waals surface area (Å²) in [6, 6.07) is 4.13. The predicted molar refractivity (Wildman–Crippen MR) is 82.0 cm³/mol. The first-order valence-electron chi connectivity index (χ1n) is 6.20. The topological polar surface area (TPSA) is 52.3 Å². The Labute approximate surface area is 121 Å². The second-order valence-corrected chi connectivity index (χ2v) is 6.54. The Bertz CT molecular complexity index is 584. The van der Waals surface area contributed by atoms with Gasteiger partial charge in [-0.2, -0.15) is 0 Å². The number of ether oxygens (including phenoxy) is 1. The van der Waals surface area contributed by atoms with Crippen LogP contribution >= 0.6 is 22.7 Å². The molecule has 0 bridgehead atoms. The summed E-state index contributed by atoms with van der Waals surface area (Å²) in [5.74, 6) is -0.338. The molecule has 0 aliphatic heterocycles. The fraction of sp³-hybridized carbons (Fsp3) is 0.357. The molecule has 0 aliphatic carbocycles. The van der Waals surface area contributed by atoms with E-state index in [1.165, 1.54) is 16.2 Å². The first-order valence-corrected chi connectivity index (χ1v) is 7.89. The first-order chi connectivity index (χ1) is 9.02. The number of carbonyl (C=O) groups excluding carboxylic acids is 1. The van der Waals surface area contributed by atoms with E-state index < -0.39 is 0 Å². The van der Waals surface area contributed by atoms with Gasteiger partial charge in [-0.05, 0) is 32.4 Å². The van der Waals surface area contributed by atoms with Crippen LogP contribution in [0.2, 0.25) is 0 Å². The second-order valence-electron chi connectivity index (χ2n) is 4.46. The normalized spacial score (nSPS) is 10.9. The summed E-state index contributed by atoms with van der Waals surface area (Å²) in [5, 5.41) is 2.45. The van der Waals surface area contributed by atoms with Crippen LogP contribution in [0.15, 0.2) is 17.5 Å². The van der Waals surface area contributed by atoms with Crippen LogP contribution in [0.4, 0.5) is 5.00 Å². The van der Waals surface area contributed by atoms with Gasteiger partial charge >= 0.3 is 5.97 Å². The lowest BCUT2D eigenvalue weighted by molar-refractivity contribution is 0.0380. The minimum atomic E-state index is -0.338. The Morgan fingerprint density at radius 3 is 2.74 bits per heavy atom. The molecule has 0 aliphatic rings. The number of hydrogen-bond acceptors (Lipinski definition) is 5. The van der Waals surface area contributed by atoms with Gasteiger partial charge in [0.25, 0.3) is 0 Å². The molecule has 5 heteroatoms. The van der Waals surface area contributed by atoms with Gasteiger partial charge in [-0.25, -0.2) is 4.79 Å². The molecule has 102 valence electrons. The predicted octanol–water partition coefficient (Wildman–Crippen LogP) is 4.19. The molecule has 2 aromatic rings. The van der Waals surface area contributed by atoms with Crippen molar-refractivity contribution in [2.24, 2.45) is 0 Å². The van der Waals surface area contributed by atoms with Crippen molar-refractivity contribution in [2.75, 3.05) is 5.73 Å². The summed E-state index contributed by atoms with van der Waals surface area (Å²) in [6.45, 7) is 5.78. The van der Waals surface area contributed by atoms with Gasteiger partial charge in [0.05, 0.1) is 6.10 Å². The smallest absolute Gasteiger partial charge is 0.342 e. The van der Waals surface area contributed by atoms with Gasteiger partial charge in [0, 0.05) is 20.7 Å². The van der Waals surface area contributed by atoms with Crippen molar-refractivity contribution in [3.8, 4) is 10.4 Å². The Morgan fingerprint density at radius 2 is 2.16 bits per heavy atom. The van der Waals surface area contributed by atoms with E-state index in [4.69, 9.17) is 10.5 Å². The van der Waals surface area contributed by atoms with Gasteiger partial charge < -0.3 is 10.5 Å². The summed E-state index contributed by atoms with van der Waals surface area (Å²) in [4.78, 5) is 14.5. The van der Waals surface area contributed by atoms with Crippen LogP contribution in [0.5, 0.6) is 0 Å². The highest BCUT2D eigenvalue weighted by atomic mass is 32.1. The van der Waals surface area contributed by atoms with Crippen LogP contribution in [-0.2, 0) is 11.2 Å². The number of nitrogen functional groups attached to an aromatic ring is 1. The number of carbonyl (C=O) groups is 1. The van der Waals surface area contributed by atoms with E-state index in [2.05, 4.69) is 13.0 Å². The molecule has 0 spiro atoms. The van der Waals surface area contributed by atoms with E-state index in [0.29, 0.717) is 10.6 Å². The number of aryl methyl sites for hydroxylation is 1. The van der Waals surface area contributed by atoms with Crippen LogP contribution in [0.3, 0.4) is 0 Å². The molecule has 3 nitrogen and oxygen atoms in total. The summed E-state index contributed by atoms with van der Waals surface area (Å²) in [6.07, 6.45) is 0.852. The lowest BCUT2D eigenvalue weighted by Crippen LogP contribution is -2.12. The van der Waals surface area contributed by atoms with Crippen molar-refractivity contribution in [3.63, 3.8) is 0 Å². The molecular weight excluding hydrogens is 278 g/mol. The third-order valence-electron chi connectivity index (χ3n) is 2.64. The molecule has 2 N–H and O–H groups in total. The van der Waals surface area contributed by atoms with Crippen LogP contribution in [-0.4, -0.2) is 12.1 Å². The average molecular weight is 295 g/mol. The minimum Gasteiger partial charge on any atom is -0.459 e. The molecule has 19 heavy (non-hydrogen) atoms. The van der Waals surface area contributed by atoms with E-state index in [-0.39, 0.29) is 12.1 Å². The van der Waals surface area contributed by atoms with Crippen molar-refractivity contribution in [1.82, 2.24) is 0 Å². The molecule has 0 amide bonds. The number of anilines is 1. The van der Waals surface area contributed by atoms with E-state index in [1.807, 2.05) is 25.3 Å². The van der Waals surface area contributed by atoms with Gasteiger partial charge in [0.1, 0.15) is 10.6 Å². The zero-order valence-electron chi connectivity index (χ0n) is 11.2. The third-order valence-corrected chi connectivity index (χ3v) is 4.72. The maximum Gasteiger partial charge on any atom is 0.342 e. The van der Waals surface area contributed by atoms with Gasteiger partial charge in [-0.1, -0.05) is 6.92 Å². The summed E-state index contributed by atoms with van der Waals surface area (Å²) in [7, 11) is 0. The molecule has 0 fully saturated rings. The van der Waals surface area contributed by atoms with Crippen molar-refractivity contribution in [1.29, 1.82) is 0 Å². The zero-order chi connectivity index (χ0) is 14.0. The Morgan fingerprint density at radius 1 is 1.42 bits per heavy atom. The number of nitrogens with two attached hydrogens (primary N) is 1. The molecule has 0 unspecified atom stereocenters. The summed E-state index contributed by atoms with van der Waals surface area (Å²) in [5.41, 5.74) is 7.31. The number of hydrogen-bond donors (Lipinski definition) is 1. The lowest BCUT2D eigenvalue weighted by atomic mass is 10.1. The molecule has 0 radical (unpaired) electrons. The van der Waals surface area contributed by atoms with E-state index in [0.717, 1.165) is 16.9 Å². The summed E-state index contributed by atoms with van der Waals surface area (Å²) < 4.78 is 5.26. The fourth-order valence-corrected chi connectivity index (χ4v) is 3.60. The number of esters is 1. The lowest BCUT2D eigenvalue weighted by Gasteiger charge is -2.08. The van der Waals surface area contributed by atoms with Crippen molar-refractivity contribution in [2.45, 2.75) is 33.3 Å². The highest BCUT2D eigenvalue weighted by Gasteiger charge is 2.21. The van der Waals surface area contributed by atoms with E-state index >= 15 is 0 Å². The van der Waals surface area contributed by atoms with Gasteiger partial charge in [0.2, 0.25) is 0 Å². The van der Waals surface area contributed by atoms with Crippen molar-refractivity contribution < 1.29 is 9.53 Å². The van der Waals surface area contributed by atoms with E-state index in [9.17, 15) is 4.79 Å². The number of rotatable bonds is 4. The first kappa shape index (κ1) is 14.1. The Hall–Kier alpha value is -1.33. The Kier molecular flexibility index (Phi) is 4.27. The fourth-order valence-electron chi connectivity index (χ4n) is 1.75. The van der Waals surface area contributed by atoms with Crippen LogP contribution in [0.1, 0.15) is 36.0 Å². The van der Waals surface area contributed by atoms with E-state index in [1.54, 1.807) is 11.3 Å². The standard InChI is InChI=1S/C14H17NO2S2/c1-4-9-5-6-11(19-9)10-7-18-13(15)12(10)14(16)17-8(2)3/h5-8H,4,15H2,1-3H3. The maximum absolute atomic E-state index is 12.1. The minimum absolute atomic E-state index is 0.144. The highest BCUT2D eigenvalue weighted by Crippen LogP contribution is 2.38. The molecule has 0 saturated heterocycles. The quantitative estimate of drug-likeness (QED) is 0.861. The SMILES string of the molecule is CCc1ccc(-c2csc(N)c2C(=O)OC(C)C)s1. The van der Waals surface area contributed by atoms with Crippen LogP contribution in [0.25, 0.3) is 10.4 Å². The zero-order valence-corrected chi connectivity index (χ0v) is 12.9. The number of thiophene rings is 2. The summed E-state index contributed by atoms with van der Waals surface area (Å²) >= 11 is 3.07. The molecule has 2 aromatic heterocycles. The molecule has 0 atom stereocenters. The Balaban J connectivity index is 2.39. The van der Waals surface area contributed by atoms with Gasteiger partial charge in [0.15, 0.2) is 0 Å². The molecule has 0 aromatic carbocycles. The van der Waals surface area contributed by atoms with Crippen molar-refractivity contribution in [3.05, 3.63) is 28.0 Å². The average Bonchev–Trinajstić information content (AvgIpc) is 2.93. The third kappa shape index (κ3) is 2.98. The molecule has 0 saturated carbocycles. The molecule has 2 rings (SSSR count). The van der Waals surface area contributed by atoms with Gasteiger partial charge in [-0.15, -0.1) is 22.7 Å². The largest absolute Gasteiger partial charge is 0.459 e. The van der Waals surface area contributed by atoms with Gasteiger partial charge in [-0.3, -0.25) is 0 Å². The second kappa shape index (κ2) is 5.75. The van der Waals surface area contributed by atoms with Crippen molar-refractivity contribution >= 4 is 33.6 Å². The monoisotopic (exact) mass is 295 g/mol. The maximum atomic E-state index is 12.1. The van der Waals surface area contributed by atoms with Crippen LogP contribution in [0, 0.1) is 0 Å². The molecular formula is C14H17NO2S2. The van der Waals surface area contributed by atoms with Crippen LogP contribution < -0.4 is 5.73 Å².